The summed E-state index contributed by atoms with van der Waals surface area (Å²) >= 11 is 1.58. The standard InChI is InChI=1S/C20H22N4OS/c1-3-15-4-6-16(7-5-15)12-24(2)19(25)18-10-8-17(9-11-18)13-26-20-21-14-22-23-20/h4-11,14H,3,12-13H2,1-2H3,(H,21,22,23). The van der Waals surface area contributed by atoms with Gasteiger partial charge in [0.2, 0.25) is 0 Å². The van der Waals surface area contributed by atoms with Gasteiger partial charge in [-0.15, -0.1) is 0 Å². The van der Waals surface area contributed by atoms with Gasteiger partial charge in [0.05, 0.1) is 0 Å². The number of amides is 1. The van der Waals surface area contributed by atoms with E-state index < -0.39 is 0 Å². The highest BCUT2D eigenvalue weighted by atomic mass is 32.2. The summed E-state index contributed by atoms with van der Waals surface area (Å²) in [6.07, 6.45) is 2.52. The number of nitrogens with one attached hydrogen (secondary N) is 1. The van der Waals surface area contributed by atoms with E-state index in [0.29, 0.717) is 12.1 Å². The van der Waals surface area contributed by atoms with Gasteiger partial charge in [0.15, 0.2) is 5.16 Å². The van der Waals surface area contributed by atoms with Crippen molar-refractivity contribution in [1.82, 2.24) is 20.1 Å². The second-order valence-corrected chi connectivity index (χ2v) is 7.07. The van der Waals surface area contributed by atoms with Crippen molar-refractivity contribution >= 4 is 17.7 Å². The molecule has 0 fully saturated rings. The molecule has 3 rings (SSSR count). The molecule has 0 aliphatic carbocycles. The van der Waals surface area contributed by atoms with Crippen molar-refractivity contribution in [1.29, 1.82) is 0 Å². The number of thioether (sulfide) groups is 1. The number of aryl methyl sites for hydroxylation is 1. The van der Waals surface area contributed by atoms with Gasteiger partial charge in [0.1, 0.15) is 6.33 Å². The van der Waals surface area contributed by atoms with Gasteiger partial charge < -0.3 is 4.90 Å². The molecule has 6 heteroatoms. The number of hydrogen-bond donors (Lipinski definition) is 1. The van der Waals surface area contributed by atoms with E-state index in [4.69, 9.17) is 0 Å². The summed E-state index contributed by atoms with van der Waals surface area (Å²) in [5, 5.41) is 7.44. The molecule has 0 atom stereocenters. The van der Waals surface area contributed by atoms with Crippen molar-refractivity contribution in [2.24, 2.45) is 0 Å². The van der Waals surface area contributed by atoms with Crippen molar-refractivity contribution in [2.45, 2.75) is 30.8 Å². The lowest BCUT2D eigenvalue weighted by Crippen LogP contribution is -2.26. The van der Waals surface area contributed by atoms with E-state index in [0.717, 1.165) is 28.5 Å². The van der Waals surface area contributed by atoms with Gasteiger partial charge in [0.25, 0.3) is 5.91 Å². The predicted molar refractivity (Wildman–Crippen MR) is 104 cm³/mol. The van der Waals surface area contributed by atoms with Crippen LogP contribution in [0.15, 0.2) is 60.0 Å². The number of benzene rings is 2. The number of aromatic nitrogens is 3. The highest BCUT2D eigenvalue weighted by Crippen LogP contribution is 2.19. The van der Waals surface area contributed by atoms with Crippen molar-refractivity contribution in [3.63, 3.8) is 0 Å². The van der Waals surface area contributed by atoms with Crippen molar-refractivity contribution < 1.29 is 4.79 Å². The SMILES string of the molecule is CCc1ccc(CN(C)C(=O)c2ccc(CSc3ncn[nH]3)cc2)cc1. The molecule has 0 bridgehead atoms. The maximum Gasteiger partial charge on any atom is 0.253 e. The fourth-order valence-electron chi connectivity index (χ4n) is 2.61. The fourth-order valence-corrected chi connectivity index (χ4v) is 3.34. The lowest BCUT2D eigenvalue weighted by Gasteiger charge is -2.18. The first-order valence-corrected chi connectivity index (χ1v) is 9.54. The number of rotatable bonds is 7. The van der Waals surface area contributed by atoms with Crippen LogP contribution in [0.4, 0.5) is 0 Å². The largest absolute Gasteiger partial charge is 0.337 e. The number of carbonyl (C=O) groups excluding carboxylic acids is 1. The van der Waals surface area contributed by atoms with Crippen LogP contribution in [-0.4, -0.2) is 33.0 Å². The molecule has 5 nitrogen and oxygen atoms in total. The van der Waals surface area contributed by atoms with Gasteiger partial charge in [0, 0.05) is 24.9 Å². The van der Waals surface area contributed by atoms with Crippen LogP contribution >= 0.6 is 11.8 Å². The second-order valence-electron chi connectivity index (χ2n) is 6.11. The number of H-pyrrole nitrogens is 1. The van der Waals surface area contributed by atoms with Gasteiger partial charge in [-0.05, 0) is 35.2 Å². The van der Waals surface area contributed by atoms with Crippen LogP contribution in [0.3, 0.4) is 0 Å². The molecular weight excluding hydrogens is 344 g/mol. The molecule has 0 spiro atoms. The zero-order valence-electron chi connectivity index (χ0n) is 15.0. The quantitative estimate of drug-likeness (QED) is 0.644. The van der Waals surface area contributed by atoms with E-state index in [1.54, 1.807) is 16.7 Å². The maximum atomic E-state index is 12.6. The Hall–Kier alpha value is -2.60. The number of carbonyl (C=O) groups is 1. The van der Waals surface area contributed by atoms with Crippen LogP contribution in [0.1, 0.15) is 34.0 Å². The Morgan fingerprint density at radius 2 is 1.69 bits per heavy atom. The molecule has 2 aromatic carbocycles. The smallest absolute Gasteiger partial charge is 0.253 e. The molecule has 134 valence electrons. The van der Waals surface area contributed by atoms with E-state index in [1.807, 2.05) is 31.3 Å². The highest BCUT2D eigenvalue weighted by molar-refractivity contribution is 7.98. The van der Waals surface area contributed by atoms with Crippen molar-refractivity contribution in [3.8, 4) is 0 Å². The third-order valence-electron chi connectivity index (χ3n) is 4.17. The van der Waals surface area contributed by atoms with Gasteiger partial charge in [-0.1, -0.05) is 55.1 Å². The predicted octanol–water partition coefficient (Wildman–Crippen LogP) is 3.93. The molecule has 3 aromatic rings. The molecule has 26 heavy (non-hydrogen) atoms. The fraction of sp³-hybridized carbons (Fsp3) is 0.250. The zero-order valence-corrected chi connectivity index (χ0v) is 15.8. The van der Waals surface area contributed by atoms with E-state index in [9.17, 15) is 4.79 Å². The first kappa shape index (κ1) is 18.2. The average Bonchev–Trinajstić information content (AvgIpc) is 3.20. The molecule has 0 aliphatic rings. The Balaban J connectivity index is 1.57. The first-order valence-electron chi connectivity index (χ1n) is 8.56. The average molecular weight is 366 g/mol. The minimum Gasteiger partial charge on any atom is -0.337 e. The normalized spacial score (nSPS) is 10.7. The lowest BCUT2D eigenvalue weighted by atomic mass is 10.1. The molecule has 1 amide bonds. The summed E-state index contributed by atoms with van der Waals surface area (Å²) in [6.45, 7) is 2.74. The van der Waals surface area contributed by atoms with Crippen LogP contribution in [-0.2, 0) is 18.7 Å². The molecule has 0 saturated carbocycles. The Labute approximate surface area is 157 Å². The summed E-state index contributed by atoms with van der Waals surface area (Å²) in [7, 11) is 1.84. The summed E-state index contributed by atoms with van der Waals surface area (Å²) in [4.78, 5) is 18.5. The molecule has 1 heterocycles. The second kappa shape index (κ2) is 8.67. The maximum absolute atomic E-state index is 12.6. The van der Waals surface area contributed by atoms with Crippen LogP contribution < -0.4 is 0 Å². The Morgan fingerprint density at radius 1 is 1.04 bits per heavy atom. The van der Waals surface area contributed by atoms with E-state index in [2.05, 4.69) is 46.4 Å². The molecular formula is C20H22N4OS. The molecule has 0 saturated heterocycles. The van der Waals surface area contributed by atoms with Gasteiger partial charge in [-0.25, -0.2) is 4.98 Å². The number of nitrogens with zero attached hydrogens (tertiary/aromatic N) is 3. The summed E-state index contributed by atoms with van der Waals surface area (Å²) in [5.41, 5.74) is 4.28. The van der Waals surface area contributed by atoms with E-state index in [1.165, 1.54) is 11.9 Å². The Bertz CT molecular complexity index is 829. The number of aromatic amines is 1. The van der Waals surface area contributed by atoms with Crippen LogP contribution in [0.2, 0.25) is 0 Å². The zero-order chi connectivity index (χ0) is 18.4. The van der Waals surface area contributed by atoms with Crippen molar-refractivity contribution in [2.75, 3.05) is 7.05 Å². The van der Waals surface area contributed by atoms with Gasteiger partial charge in [-0.3, -0.25) is 9.89 Å². The van der Waals surface area contributed by atoms with Crippen LogP contribution in [0.25, 0.3) is 0 Å². The highest BCUT2D eigenvalue weighted by Gasteiger charge is 2.12. The van der Waals surface area contributed by atoms with E-state index >= 15 is 0 Å². The molecule has 0 radical (unpaired) electrons. The van der Waals surface area contributed by atoms with Gasteiger partial charge >= 0.3 is 0 Å². The lowest BCUT2D eigenvalue weighted by molar-refractivity contribution is 0.0785. The topological polar surface area (TPSA) is 61.9 Å². The third kappa shape index (κ3) is 4.73. The molecule has 0 aliphatic heterocycles. The molecule has 1 aromatic heterocycles. The summed E-state index contributed by atoms with van der Waals surface area (Å²) in [6, 6.07) is 16.2. The van der Waals surface area contributed by atoms with E-state index in [-0.39, 0.29) is 5.91 Å². The monoisotopic (exact) mass is 366 g/mol. The van der Waals surface area contributed by atoms with Crippen molar-refractivity contribution in [3.05, 3.63) is 77.1 Å². The Morgan fingerprint density at radius 3 is 2.31 bits per heavy atom. The minimum atomic E-state index is 0.0269. The first-order chi connectivity index (χ1) is 12.7. The minimum absolute atomic E-state index is 0.0269. The van der Waals surface area contributed by atoms with Crippen LogP contribution in [0.5, 0.6) is 0 Å². The summed E-state index contributed by atoms with van der Waals surface area (Å²) < 4.78 is 0. The van der Waals surface area contributed by atoms with Gasteiger partial charge in [-0.2, -0.15) is 5.10 Å². The molecule has 0 unspecified atom stereocenters. The molecule has 1 N–H and O–H groups in total. The number of hydrogen-bond acceptors (Lipinski definition) is 4. The third-order valence-corrected chi connectivity index (χ3v) is 5.11. The Kier molecular flexibility index (Phi) is 6.07. The summed E-state index contributed by atoms with van der Waals surface area (Å²) in [5.74, 6) is 0.808. The van der Waals surface area contributed by atoms with Crippen LogP contribution in [0, 0.1) is 0 Å².